The molecule has 0 aromatic carbocycles. The second-order valence-corrected chi connectivity index (χ2v) is 3.73. The van der Waals surface area contributed by atoms with Gasteiger partial charge in [-0.2, -0.15) is 28.4 Å². The molecule has 0 aliphatic carbocycles. The van der Waals surface area contributed by atoms with Crippen molar-refractivity contribution in [1.82, 2.24) is 14.8 Å². The van der Waals surface area contributed by atoms with E-state index in [1.807, 2.05) is 0 Å². The molecule has 1 aliphatic rings. The summed E-state index contributed by atoms with van der Waals surface area (Å²) in [7, 11) is 0. The first-order chi connectivity index (χ1) is 8.34. The van der Waals surface area contributed by atoms with Crippen LogP contribution in [0.2, 0.25) is 0 Å². The molecule has 6 nitrogen and oxygen atoms in total. The number of alkyl halides is 3. The van der Waals surface area contributed by atoms with Crippen LogP contribution >= 0.6 is 0 Å². The van der Waals surface area contributed by atoms with E-state index in [2.05, 4.69) is 10.2 Å². The Bertz CT molecular complexity index is 471. The van der Waals surface area contributed by atoms with Crippen molar-refractivity contribution in [2.75, 3.05) is 0 Å². The predicted octanol–water partition coefficient (Wildman–Crippen LogP) is 0.352. The van der Waals surface area contributed by atoms with Gasteiger partial charge in [0.15, 0.2) is 0 Å². The summed E-state index contributed by atoms with van der Waals surface area (Å²) in [6, 6.07) is 1.52. The summed E-state index contributed by atoms with van der Waals surface area (Å²) in [6.45, 7) is -0.428. The minimum absolute atomic E-state index is 0.0503. The molecule has 1 aliphatic heterocycles. The number of halogens is 3. The Morgan fingerprint density at radius 2 is 2.22 bits per heavy atom. The van der Waals surface area contributed by atoms with Crippen LogP contribution in [0.3, 0.4) is 0 Å². The first-order valence-electron chi connectivity index (χ1n) is 4.96. The second-order valence-electron chi connectivity index (χ2n) is 3.73. The van der Waals surface area contributed by atoms with Crippen LogP contribution in [0.25, 0.3) is 0 Å². The van der Waals surface area contributed by atoms with E-state index in [1.165, 1.54) is 18.5 Å². The van der Waals surface area contributed by atoms with Crippen LogP contribution in [-0.2, 0) is 11.3 Å². The largest absolute Gasteiger partial charge is 0.438 e. The summed E-state index contributed by atoms with van der Waals surface area (Å²) in [5.74, 6) is -0.993. The number of rotatable bonds is 2. The molecule has 2 heterocycles. The minimum atomic E-state index is -4.97. The first-order valence-corrected chi connectivity index (χ1v) is 4.96. The maximum atomic E-state index is 12.7. The zero-order chi connectivity index (χ0) is 13.4. The summed E-state index contributed by atoms with van der Waals surface area (Å²) in [4.78, 5) is 11.7. The van der Waals surface area contributed by atoms with Gasteiger partial charge in [0.1, 0.15) is 6.54 Å². The molecule has 0 unspecified atom stereocenters. The van der Waals surface area contributed by atoms with Crippen LogP contribution in [0.5, 0.6) is 0 Å². The van der Waals surface area contributed by atoms with E-state index in [1.54, 1.807) is 0 Å². The molecule has 1 N–H and O–H groups in total. The molecule has 9 heteroatoms. The lowest BCUT2D eigenvalue weighted by molar-refractivity contribution is -0.302. The van der Waals surface area contributed by atoms with Gasteiger partial charge in [-0.25, -0.2) is 0 Å². The van der Waals surface area contributed by atoms with Gasteiger partial charge in [-0.1, -0.05) is 0 Å². The van der Waals surface area contributed by atoms with E-state index in [9.17, 15) is 23.1 Å². The maximum absolute atomic E-state index is 12.7. The summed E-state index contributed by atoms with van der Waals surface area (Å²) >= 11 is 0. The van der Waals surface area contributed by atoms with Gasteiger partial charge in [0.05, 0.1) is 0 Å². The highest BCUT2D eigenvalue weighted by Gasteiger charge is 2.61. The second kappa shape index (κ2) is 4.09. The van der Waals surface area contributed by atoms with Crippen molar-refractivity contribution < 1.29 is 23.1 Å². The predicted molar refractivity (Wildman–Crippen MR) is 53.2 cm³/mol. The lowest BCUT2D eigenvalue weighted by Crippen LogP contribution is -2.57. The van der Waals surface area contributed by atoms with E-state index in [0.29, 0.717) is 0 Å². The van der Waals surface area contributed by atoms with Crippen molar-refractivity contribution in [3.05, 3.63) is 18.5 Å². The highest BCUT2D eigenvalue weighted by Crippen LogP contribution is 2.38. The highest BCUT2D eigenvalue weighted by atomic mass is 19.4. The number of aliphatic hydroxyl groups is 1. The lowest BCUT2D eigenvalue weighted by atomic mass is 10.1. The first kappa shape index (κ1) is 12.6. The van der Waals surface area contributed by atoms with Crippen molar-refractivity contribution in [3.8, 4) is 0 Å². The monoisotopic (exact) mass is 262 g/mol. The molecule has 1 aromatic heterocycles. The molecular formula is C9H9F3N4O2. The topological polar surface area (TPSA) is 70.7 Å². The minimum Gasteiger partial charge on any atom is -0.362 e. The fourth-order valence-electron chi connectivity index (χ4n) is 1.54. The number of hydrogen-bond acceptors (Lipinski definition) is 4. The fraction of sp³-hybridized carbons (Fsp3) is 0.444. The van der Waals surface area contributed by atoms with Gasteiger partial charge >= 0.3 is 6.18 Å². The molecule has 1 amide bonds. The zero-order valence-corrected chi connectivity index (χ0v) is 9.00. The van der Waals surface area contributed by atoms with Crippen molar-refractivity contribution >= 4 is 12.1 Å². The van der Waals surface area contributed by atoms with E-state index in [4.69, 9.17) is 0 Å². The molecule has 1 aromatic rings. The average Bonchev–Trinajstić information content (AvgIpc) is 2.86. The Labute approximate surface area is 99.3 Å². The third kappa shape index (κ3) is 1.96. The molecule has 0 saturated carbocycles. The molecule has 18 heavy (non-hydrogen) atoms. The van der Waals surface area contributed by atoms with Crippen LogP contribution in [0.4, 0.5) is 13.2 Å². The molecule has 98 valence electrons. The van der Waals surface area contributed by atoms with E-state index in [-0.39, 0.29) is 5.01 Å². The Morgan fingerprint density at radius 3 is 2.78 bits per heavy atom. The molecular weight excluding hydrogens is 253 g/mol. The fourth-order valence-corrected chi connectivity index (χ4v) is 1.54. The smallest absolute Gasteiger partial charge is 0.362 e. The summed E-state index contributed by atoms with van der Waals surface area (Å²) in [5, 5.41) is 16.5. The van der Waals surface area contributed by atoms with Gasteiger partial charge < -0.3 is 5.11 Å². The Hall–Kier alpha value is -1.90. The molecule has 0 spiro atoms. The molecule has 0 saturated heterocycles. The van der Waals surface area contributed by atoms with E-state index >= 15 is 0 Å². The standard InChI is InChI=1S/C9H9F3N4O2/c10-9(11,12)8(18)2-4-14-16(8)7(17)6-15-5-1-3-13-15/h1,3-5,18H,2,6H2/t8-/m0/s1. The number of hydrogen-bond donors (Lipinski definition) is 1. The van der Waals surface area contributed by atoms with Crippen LogP contribution in [0.1, 0.15) is 6.42 Å². The highest BCUT2D eigenvalue weighted by molar-refractivity contribution is 5.80. The third-order valence-electron chi connectivity index (χ3n) is 2.47. The number of carbonyl (C=O) groups excluding carboxylic acids is 1. The van der Waals surface area contributed by atoms with Crippen molar-refractivity contribution in [3.63, 3.8) is 0 Å². The molecule has 0 bridgehead atoms. The van der Waals surface area contributed by atoms with E-state index in [0.717, 1.165) is 10.9 Å². The Morgan fingerprint density at radius 1 is 1.50 bits per heavy atom. The van der Waals surface area contributed by atoms with Crippen molar-refractivity contribution in [2.45, 2.75) is 24.9 Å². The van der Waals surface area contributed by atoms with Gasteiger partial charge in [-0.15, -0.1) is 0 Å². The molecule has 1 atom stereocenters. The van der Waals surface area contributed by atoms with Gasteiger partial charge in [0, 0.05) is 25.0 Å². The Balaban J connectivity index is 2.17. The van der Waals surface area contributed by atoms with Crippen LogP contribution < -0.4 is 0 Å². The third-order valence-corrected chi connectivity index (χ3v) is 2.47. The number of amides is 1. The average molecular weight is 262 g/mol. The normalized spacial score (nSPS) is 23.7. The van der Waals surface area contributed by atoms with Crippen LogP contribution in [0.15, 0.2) is 23.6 Å². The maximum Gasteiger partial charge on any atom is 0.438 e. The van der Waals surface area contributed by atoms with Gasteiger partial charge in [-0.05, 0) is 6.07 Å². The van der Waals surface area contributed by atoms with Gasteiger partial charge in [-0.3, -0.25) is 9.48 Å². The summed E-state index contributed by atoms with van der Waals surface area (Å²) in [6.07, 6.45) is -2.08. The van der Waals surface area contributed by atoms with E-state index < -0.39 is 30.8 Å². The molecule has 0 fully saturated rings. The van der Waals surface area contributed by atoms with Crippen molar-refractivity contribution in [1.29, 1.82) is 0 Å². The molecule has 2 rings (SSSR count). The zero-order valence-electron chi connectivity index (χ0n) is 9.00. The summed E-state index contributed by atoms with van der Waals surface area (Å²) < 4.78 is 39.2. The Kier molecular flexibility index (Phi) is 2.85. The SMILES string of the molecule is O=C(Cn1cccn1)N1N=CC[C@]1(O)C(F)(F)F. The number of hydrazone groups is 1. The number of carbonyl (C=O) groups is 1. The van der Waals surface area contributed by atoms with Gasteiger partial charge in [0.2, 0.25) is 0 Å². The van der Waals surface area contributed by atoms with Gasteiger partial charge in [0.25, 0.3) is 11.6 Å². The quantitative estimate of drug-likeness (QED) is 0.836. The lowest BCUT2D eigenvalue weighted by Gasteiger charge is -2.32. The summed E-state index contributed by atoms with van der Waals surface area (Å²) in [5.41, 5.74) is -3.27. The molecule has 0 radical (unpaired) electrons. The van der Waals surface area contributed by atoms with Crippen molar-refractivity contribution in [2.24, 2.45) is 5.10 Å². The number of aromatic nitrogens is 2. The number of nitrogens with zero attached hydrogens (tertiary/aromatic N) is 4. The van der Waals surface area contributed by atoms with Crippen LogP contribution in [-0.4, -0.2) is 43.9 Å². The van der Waals surface area contributed by atoms with Crippen LogP contribution in [0, 0.1) is 0 Å².